The monoisotopic (exact) mass is 342 g/mol. The fourth-order valence-electron chi connectivity index (χ4n) is 2.53. The van der Waals surface area contributed by atoms with Crippen molar-refractivity contribution < 1.29 is 9.47 Å². The van der Waals surface area contributed by atoms with Crippen LogP contribution in [0.25, 0.3) is 21.9 Å². The summed E-state index contributed by atoms with van der Waals surface area (Å²) in [5.41, 5.74) is 2.19. The zero-order valence-corrected chi connectivity index (χ0v) is 13.5. The summed E-state index contributed by atoms with van der Waals surface area (Å²) in [5.74, 6) is 1.56. The van der Waals surface area contributed by atoms with E-state index in [1.807, 2.05) is 18.2 Å². The molecule has 0 unspecified atom stereocenters. The summed E-state index contributed by atoms with van der Waals surface area (Å²) < 4.78 is 11.8. The molecule has 0 bridgehead atoms. The minimum absolute atomic E-state index is 0.760. The summed E-state index contributed by atoms with van der Waals surface area (Å²) in [6, 6.07) is 18.6. The second-order valence-corrected chi connectivity index (χ2v) is 5.57. The van der Waals surface area contributed by atoms with Gasteiger partial charge in [-0.3, -0.25) is 0 Å². The minimum atomic E-state index is 0.760. The standard InChI is InChI=1S/C18H15BrO2/c1-20-17-11-18(21-2)16(19)10-15(17)14-9-5-7-12-6-3-4-8-13(12)14/h3-11H,1-2H3. The van der Waals surface area contributed by atoms with Gasteiger partial charge in [-0.05, 0) is 38.3 Å². The van der Waals surface area contributed by atoms with Crippen LogP contribution in [-0.2, 0) is 0 Å². The summed E-state index contributed by atoms with van der Waals surface area (Å²) in [7, 11) is 3.33. The number of halogens is 1. The van der Waals surface area contributed by atoms with Gasteiger partial charge in [-0.25, -0.2) is 0 Å². The van der Waals surface area contributed by atoms with Gasteiger partial charge in [0.05, 0.1) is 18.7 Å². The quantitative estimate of drug-likeness (QED) is 0.644. The third kappa shape index (κ3) is 2.49. The molecule has 0 saturated heterocycles. The lowest BCUT2D eigenvalue weighted by atomic mass is 9.97. The lowest BCUT2D eigenvalue weighted by molar-refractivity contribution is 0.393. The van der Waals surface area contributed by atoms with E-state index in [4.69, 9.17) is 9.47 Å². The van der Waals surface area contributed by atoms with E-state index < -0.39 is 0 Å². The van der Waals surface area contributed by atoms with Gasteiger partial charge in [-0.15, -0.1) is 0 Å². The molecular weight excluding hydrogens is 328 g/mol. The van der Waals surface area contributed by atoms with Gasteiger partial charge in [0.25, 0.3) is 0 Å². The van der Waals surface area contributed by atoms with Crippen LogP contribution in [0.1, 0.15) is 0 Å². The topological polar surface area (TPSA) is 18.5 Å². The second-order valence-electron chi connectivity index (χ2n) is 4.71. The maximum Gasteiger partial charge on any atom is 0.136 e. The second kappa shape index (κ2) is 5.78. The molecule has 0 atom stereocenters. The van der Waals surface area contributed by atoms with Crippen molar-refractivity contribution in [2.24, 2.45) is 0 Å². The van der Waals surface area contributed by atoms with Crippen molar-refractivity contribution in [3.05, 3.63) is 59.1 Å². The highest BCUT2D eigenvalue weighted by Gasteiger charge is 2.13. The van der Waals surface area contributed by atoms with Crippen LogP contribution in [0.3, 0.4) is 0 Å². The van der Waals surface area contributed by atoms with Gasteiger partial charge in [0.2, 0.25) is 0 Å². The van der Waals surface area contributed by atoms with Crippen LogP contribution < -0.4 is 9.47 Å². The lowest BCUT2D eigenvalue weighted by Crippen LogP contribution is -1.92. The number of benzene rings is 3. The molecule has 0 saturated carbocycles. The molecule has 0 N–H and O–H groups in total. The number of fused-ring (bicyclic) bond motifs is 1. The summed E-state index contributed by atoms with van der Waals surface area (Å²) in [6.45, 7) is 0. The van der Waals surface area contributed by atoms with Gasteiger partial charge in [0, 0.05) is 11.6 Å². The molecule has 0 aliphatic rings. The highest BCUT2D eigenvalue weighted by Crippen LogP contribution is 2.40. The molecule has 106 valence electrons. The predicted molar refractivity (Wildman–Crippen MR) is 90.2 cm³/mol. The fraction of sp³-hybridized carbons (Fsp3) is 0.111. The molecule has 0 fully saturated rings. The highest BCUT2D eigenvalue weighted by molar-refractivity contribution is 9.10. The molecule has 3 heteroatoms. The number of hydrogen-bond acceptors (Lipinski definition) is 2. The van der Waals surface area contributed by atoms with Gasteiger partial charge in [-0.1, -0.05) is 42.5 Å². The van der Waals surface area contributed by atoms with Crippen LogP contribution >= 0.6 is 15.9 Å². The van der Waals surface area contributed by atoms with Crippen molar-refractivity contribution >= 4 is 26.7 Å². The minimum Gasteiger partial charge on any atom is -0.496 e. The maximum atomic E-state index is 5.55. The zero-order valence-electron chi connectivity index (χ0n) is 11.9. The summed E-state index contributed by atoms with van der Waals surface area (Å²) in [4.78, 5) is 0. The first kappa shape index (κ1) is 14.0. The van der Waals surface area contributed by atoms with E-state index in [-0.39, 0.29) is 0 Å². The van der Waals surface area contributed by atoms with Crippen molar-refractivity contribution in [1.82, 2.24) is 0 Å². The van der Waals surface area contributed by atoms with Crippen LogP contribution in [0.2, 0.25) is 0 Å². The summed E-state index contributed by atoms with van der Waals surface area (Å²) in [5, 5.41) is 2.42. The molecule has 0 aromatic heterocycles. The average molecular weight is 343 g/mol. The largest absolute Gasteiger partial charge is 0.496 e. The SMILES string of the molecule is COc1cc(OC)c(-c2cccc3ccccc23)cc1Br. The molecule has 0 spiro atoms. The van der Waals surface area contributed by atoms with E-state index in [0.717, 1.165) is 27.1 Å². The Hall–Kier alpha value is -2.00. The molecule has 0 aliphatic carbocycles. The Kier molecular flexibility index (Phi) is 3.84. The third-order valence-electron chi connectivity index (χ3n) is 3.55. The molecule has 3 aromatic rings. The van der Waals surface area contributed by atoms with Gasteiger partial charge < -0.3 is 9.47 Å². The Labute approximate surface area is 132 Å². The fourth-order valence-corrected chi connectivity index (χ4v) is 3.04. The van der Waals surface area contributed by atoms with E-state index in [1.165, 1.54) is 10.8 Å². The van der Waals surface area contributed by atoms with Crippen LogP contribution in [0.4, 0.5) is 0 Å². The van der Waals surface area contributed by atoms with E-state index in [0.29, 0.717) is 0 Å². The first-order valence-electron chi connectivity index (χ1n) is 6.64. The number of hydrogen-bond donors (Lipinski definition) is 0. The molecule has 0 radical (unpaired) electrons. The first-order valence-corrected chi connectivity index (χ1v) is 7.43. The van der Waals surface area contributed by atoms with E-state index in [9.17, 15) is 0 Å². The Bertz CT molecular complexity index is 791. The van der Waals surface area contributed by atoms with Crippen molar-refractivity contribution in [2.45, 2.75) is 0 Å². The first-order chi connectivity index (χ1) is 10.2. The lowest BCUT2D eigenvalue weighted by Gasteiger charge is -2.14. The number of methoxy groups -OCH3 is 2. The molecule has 2 nitrogen and oxygen atoms in total. The third-order valence-corrected chi connectivity index (χ3v) is 4.17. The van der Waals surface area contributed by atoms with Gasteiger partial charge in [0.15, 0.2) is 0 Å². The van der Waals surface area contributed by atoms with Crippen LogP contribution in [-0.4, -0.2) is 14.2 Å². The molecule has 0 heterocycles. The Morgan fingerprint density at radius 3 is 2.24 bits per heavy atom. The van der Waals surface area contributed by atoms with Crippen LogP contribution in [0.15, 0.2) is 59.1 Å². The average Bonchev–Trinajstić information content (AvgIpc) is 2.54. The summed E-state index contributed by atoms with van der Waals surface area (Å²) in [6.07, 6.45) is 0. The van der Waals surface area contributed by atoms with E-state index >= 15 is 0 Å². The van der Waals surface area contributed by atoms with Gasteiger partial charge in [0.1, 0.15) is 11.5 Å². The molecule has 3 rings (SSSR count). The van der Waals surface area contributed by atoms with E-state index in [2.05, 4.69) is 52.3 Å². The Morgan fingerprint density at radius 1 is 0.762 bits per heavy atom. The van der Waals surface area contributed by atoms with Crippen LogP contribution in [0.5, 0.6) is 11.5 Å². The van der Waals surface area contributed by atoms with Crippen LogP contribution in [0, 0.1) is 0 Å². The Balaban J connectivity index is 2.30. The van der Waals surface area contributed by atoms with Crippen molar-refractivity contribution in [2.75, 3.05) is 14.2 Å². The normalized spacial score (nSPS) is 10.6. The zero-order chi connectivity index (χ0) is 14.8. The van der Waals surface area contributed by atoms with Crippen molar-refractivity contribution in [1.29, 1.82) is 0 Å². The molecule has 0 amide bonds. The maximum absolute atomic E-state index is 5.55. The highest BCUT2D eigenvalue weighted by atomic mass is 79.9. The molecule has 3 aromatic carbocycles. The smallest absolute Gasteiger partial charge is 0.136 e. The molecule has 21 heavy (non-hydrogen) atoms. The number of ether oxygens (including phenoxy) is 2. The molecule has 0 aliphatic heterocycles. The molecular formula is C18H15BrO2. The van der Waals surface area contributed by atoms with Gasteiger partial charge >= 0.3 is 0 Å². The van der Waals surface area contributed by atoms with Crippen molar-refractivity contribution in [3.63, 3.8) is 0 Å². The summed E-state index contributed by atoms with van der Waals surface area (Å²) >= 11 is 3.55. The Morgan fingerprint density at radius 2 is 1.48 bits per heavy atom. The van der Waals surface area contributed by atoms with E-state index in [1.54, 1.807) is 14.2 Å². The van der Waals surface area contributed by atoms with Crippen molar-refractivity contribution in [3.8, 4) is 22.6 Å². The predicted octanol–water partition coefficient (Wildman–Crippen LogP) is 5.29. The van der Waals surface area contributed by atoms with Gasteiger partial charge in [-0.2, -0.15) is 0 Å². The number of rotatable bonds is 3.